The zero-order valence-electron chi connectivity index (χ0n) is 17.3. The van der Waals surface area contributed by atoms with Crippen LogP contribution in [0.5, 0.6) is 11.5 Å². The summed E-state index contributed by atoms with van der Waals surface area (Å²) < 4.78 is 43.2. The highest BCUT2D eigenvalue weighted by Crippen LogP contribution is 2.29. The third-order valence-electron chi connectivity index (χ3n) is 4.74. The molecule has 0 bridgehead atoms. The average molecular weight is 435 g/mol. The van der Waals surface area contributed by atoms with Gasteiger partial charge in [0.05, 0.1) is 30.9 Å². The number of methoxy groups -OCH3 is 1. The van der Waals surface area contributed by atoms with Crippen LogP contribution in [-0.4, -0.2) is 58.7 Å². The fraction of sp³-hybridized carbons (Fsp3) is 0.381. The van der Waals surface area contributed by atoms with E-state index in [9.17, 15) is 13.2 Å². The Morgan fingerprint density at radius 2 is 1.80 bits per heavy atom. The average Bonchev–Trinajstić information content (AvgIpc) is 2.73. The molecule has 1 amide bonds. The summed E-state index contributed by atoms with van der Waals surface area (Å²) in [6, 6.07) is 10.1. The number of sulfonamides is 1. The molecule has 0 aliphatic carbocycles. The van der Waals surface area contributed by atoms with Gasteiger partial charge in [0.25, 0.3) is 5.91 Å². The number of carbonyl (C=O) groups excluding carboxylic acids is 1. The van der Waals surface area contributed by atoms with Crippen molar-refractivity contribution in [3.05, 3.63) is 47.5 Å². The number of morpholine rings is 1. The van der Waals surface area contributed by atoms with Gasteiger partial charge in [0.2, 0.25) is 10.0 Å². The van der Waals surface area contributed by atoms with E-state index in [-0.39, 0.29) is 17.2 Å². The smallest absolute Gasteiger partial charge is 0.262 e. The van der Waals surface area contributed by atoms with Crippen LogP contribution in [0.3, 0.4) is 0 Å². The van der Waals surface area contributed by atoms with E-state index in [2.05, 4.69) is 5.32 Å². The van der Waals surface area contributed by atoms with Gasteiger partial charge in [-0.2, -0.15) is 4.31 Å². The molecule has 2 aromatic rings. The van der Waals surface area contributed by atoms with Crippen LogP contribution in [0.25, 0.3) is 0 Å². The first-order valence-electron chi connectivity index (χ1n) is 9.57. The Kier molecular flexibility index (Phi) is 6.96. The summed E-state index contributed by atoms with van der Waals surface area (Å²) in [4.78, 5) is 12.5. The number of rotatable bonds is 7. The molecule has 1 saturated heterocycles. The van der Waals surface area contributed by atoms with Crippen LogP contribution in [0.1, 0.15) is 11.1 Å². The molecule has 30 heavy (non-hydrogen) atoms. The lowest BCUT2D eigenvalue weighted by Gasteiger charge is -2.26. The molecule has 0 unspecified atom stereocenters. The molecule has 0 aromatic heterocycles. The number of ether oxygens (including phenoxy) is 3. The second kappa shape index (κ2) is 9.46. The summed E-state index contributed by atoms with van der Waals surface area (Å²) in [5.74, 6) is 0.552. The second-order valence-corrected chi connectivity index (χ2v) is 8.92. The number of hydrogen-bond acceptors (Lipinski definition) is 6. The van der Waals surface area contributed by atoms with E-state index in [0.717, 1.165) is 11.1 Å². The van der Waals surface area contributed by atoms with Gasteiger partial charge in [0.15, 0.2) is 6.61 Å². The van der Waals surface area contributed by atoms with Crippen LogP contribution in [0, 0.1) is 13.8 Å². The number of amides is 1. The van der Waals surface area contributed by atoms with E-state index < -0.39 is 15.9 Å². The Bertz CT molecular complexity index is 1020. The summed E-state index contributed by atoms with van der Waals surface area (Å²) in [5.41, 5.74) is 2.30. The summed E-state index contributed by atoms with van der Waals surface area (Å²) >= 11 is 0. The zero-order valence-corrected chi connectivity index (χ0v) is 18.1. The Labute approximate surface area is 176 Å². The van der Waals surface area contributed by atoms with Gasteiger partial charge in [0, 0.05) is 13.1 Å². The molecule has 2 aromatic carbocycles. The molecule has 8 nitrogen and oxygen atoms in total. The monoisotopic (exact) mass is 434 g/mol. The molecule has 3 rings (SSSR count). The predicted octanol–water partition coefficient (Wildman–Crippen LogP) is 2.35. The fourth-order valence-electron chi connectivity index (χ4n) is 3.17. The number of carbonyl (C=O) groups is 1. The Balaban J connectivity index is 1.74. The van der Waals surface area contributed by atoms with Gasteiger partial charge in [-0.15, -0.1) is 0 Å². The third kappa shape index (κ3) is 5.10. The molecule has 1 fully saturated rings. The number of benzene rings is 2. The second-order valence-electron chi connectivity index (χ2n) is 6.98. The van der Waals surface area contributed by atoms with Crippen LogP contribution in [0.15, 0.2) is 41.3 Å². The standard InChI is InChI=1S/C21H26N2O6S/c1-15-4-6-19(16(2)12-15)29-14-21(24)22-18-13-17(5-7-20(18)27-3)30(25,26)23-8-10-28-11-9-23/h4-7,12-13H,8-11,14H2,1-3H3,(H,22,24). The topological polar surface area (TPSA) is 94.2 Å². The van der Waals surface area contributed by atoms with Gasteiger partial charge in [-0.05, 0) is 43.7 Å². The highest BCUT2D eigenvalue weighted by atomic mass is 32.2. The van der Waals surface area contributed by atoms with Crippen LogP contribution >= 0.6 is 0 Å². The van der Waals surface area contributed by atoms with E-state index in [1.165, 1.54) is 29.6 Å². The largest absolute Gasteiger partial charge is 0.495 e. The van der Waals surface area contributed by atoms with Crippen LogP contribution in [0.2, 0.25) is 0 Å². The maximum absolute atomic E-state index is 12.9. The van der Waals surface area contributed by atoms with E-state index in [4.69, 9.17) is 14.2 Å². The SMILES string of the molecule is COc1ccc(S(=O)(=O)N2CCOCC2)cc1NC(=O)COc1ccc(C)cc1C. The molecule has 1 heterocycles. The van der Waals surface area contributed by atoms with E-state index >= 15 is 0 Å². The Morgan fingerprint density at radius 3 is 2.47 bits per heavy atom. The molecule has 0 spiro atoms. The van der Waals surface area contributed by atoms with Gasteiger partial charge in [-0.3, -0.25) is 4.79 Å². The minimum atomic E-state index is -3.70. The maximum Gasteiger partial charge on any atom is 0.262 e. The van der Waals surface area contributed by atoms with Gasteiger partial charge in [-0.1, -0.05) is 17.7 Å². The maximum atomic E-state index is 12.9. The summed E-state index contributed by atoms with van der Waals surface area (Å²) in [6.07, 6.45) is 0. The van der Waals surface area contributed by atoms with Crippen molar-refractivity contribution in [1.82, 2.24) is 4.31 Å². The fourth-order valence-corrected chi connectivity index (χ4v) is 4.61. The minimum Gasteiger partial charge on any atom is -0.495 e. The predicted molar refractivity (Wildman–Crippen MR) is 113 cm³/mol. The first-order valence-corrected chi connectivity index (χ1v) is 11.0. The Hall–Kier alpha value is -2.62. The number of hydrogen-bond donors (Lipinski definition) is 1. The van der Waals surface area contributed by atoms with Crippen molar-refractivity contribution in [2.75, 3.05) is 45.3 Å². The lowest BCUT2D eigenvalue weighted by atomic mass is 10.1. The number of anilines is 1. The van der Waals surface area contributed by atoms with E-state index in [1.54, 1.807) is 0 Å². The Morgan fingerprint density at radius 1 is 1.10 bits per heavy atom. The van der Waals surface area contributed by atoms with Crippen molar-refractivity contribution < 1.29 is 27.4 Å². The molecular formula is C21H26N2O6S. The summed E-state index contributed by atoms with van der Waals surface area (Å²) in [5, 5.41) is 2.68. The third-order valence-corrected chi connectivity index (χ3v) is 6.64. The first-order chi connectivity index (χ1) is 14.3. The molecule has 9 heteroatoms. The van der Waals surface area contributed by atoms with Gasteiger partial charge < -0.3 is 19.5 Å². The minimum absolute atomic E-state index is 0.0794. The van der Waals surface area contributed by atoms with Gasteiger partial charge in [0.1, 0.15) is 11.5 Å². The molecule has 162 valence electrons. The lowest BCUT2D eigenvalue weighted by molar-refractivity contribution is -0.118. The van der Waals surface area contributed by atoms with Crippen molar-refractivity contribution >= 4 is 21.6 Å². The molecule has 0 atom stereocenters. The summed E-state index contributed by atoms with van der Waals surface area (Å²) in [7, 11) is -2.24. The summed E-state index contributed by atoms with van der Waals surface area (Å²) in [6.45, 7) is 4.97. The quantitative estimate of drug-likeness (QED) is 0.719. The molecule has 0 saturated carbocycles. The highest BCUT2D eigenvalue weighted by molar-refractivity contribution is 7.89. The molecular weight excluding hydrogens is 408 g/mol. The van der Waals surface area contributed by atoms with E-state index in [0.29, 0.717) is 37.8 Å². The highest BCUT2D eigenvalue weighted by Gasteiger charge is 2.27. The van der Waals surface area contributed by atoms with Crippen LogP contribution in [0.4, 0.5) is 5.69 Å². The van der Waals surface area contributed by atoms with Gasteiger partial charge in [-0.25, -0.2) is 8.42 Å². The molecule has 0 radical (unpaired) electrons. The van der Waals surface area contributed by atoms with Crippen molar-refractivity contribution in [2.45, 2.75) is 18.7 Å². The molecule has 1 N–H and O–H groups in total. The van der Waals surface area contributed by atoms with Crippen LogP contribution in [-0.2, 0) is 19.6 Å². The van der Waals surface area contributed by atoms with Crippen molar-refractivity contribution in [3.8, 4) is 11.5 Å². The number of nitrogens with one attached hydrogen (secondary N) is 1. The van der Waals surface area contributed by atoms with Crippen molar-refractivity contribution in [3.63, 3.8) is 0 Å². The van der Waals surface area contributed by atoms with Gasteiger partial charge >= 0.3 is 0 Å². The zero-order chi connectivity index (χ0) is 21.7. The lowest BCUT2D eigenvalue weighted by Crippen LogP contribution is -2.40. The van der Waals surface area contributed by atoms with Crippen molar-refractivity contribution in [2.24, 2.45) is 0 Å². The number of nitrogens with zero attached hydrogens (tertiary/aromatic N) is 1. The normalized spacial score (nSPS) is 14.9. The van der Waals surface area contributed by atoms with Crippen LogP contribution < -0.4 is 14.8 Å². The van der Waals surface area contributed by atoms with E-state index in [1.807, 2.05) is 32.0 Å². The molecule has 1 aliphatic rings. The molecule has 1 aliphatic heterocycles. The first kappa shape index (κ1) is 22.1. The number of aryl methyl sites for hydroxylation is 2. The van der Waals surface area contributed by atoms with Crippen molar-refractivity contribution in [1.29, 1.82) is 0 Å².